The molecule has 0 bridgehead atoms. The van der Waals surface area contributed by atoms with E-state index in [-0.39, 0.29) is 18.0 Å². The highest BCUT2D eigenvalue weighted by molar-refractivity contribution is 5.76. The lowest BCUT2D eigenvalue weighted by molar-refractivity contribution is -0.121. The minimum atomic E-state index is -0.127. The first-order valence-electron chi connectivity index (χ1n) is 8.03. The maximum Gasteiger partial charge on any atom is 0.253 e. The highest BCUT2D eigenvalue weighted by Gasteiger charge is 2.08. The van der Waals surface area contributed by atoms with Crippen molar-refractivity contribution in [3.05, 3.63) is 68.6 Å². The van der Waals surface area contributed by atoms with Crippen molar-refractivity contribution in [1.82, 2.24) is 10.3 Å². The lowest BCUT2D eigenvalue weighted by Crippen LogP contribution is -2.28. The average Bonchev–Trinajstić information content (AvgIpc) is 2.52. The van der Waals surface area contributed by atoms with Crippen LogP contribution < -0.4 is 10.9 Å². The number of H-pyrrole nitrogens is 1. The van der Waals surface area contributed by atoms with Gasteiger partial charge in [-0.25, -0.2) is 0 Å². The lowest BCUT2D eigenvalue weighted by Gasteiger charge is -2.08. The normalized spacial score (nSPS) is 10.6. The molecule has 2 N–H and O–H groups in total. The number of nitrogens with one attached hydrogen (secondary N) is 2. The molecule has 1 aromatic heterocycles. The van der Waals surface area contributed by atoms with Gasteiger partial charge in [0.1, 0.15) is 0 Å². The van der Waals surface area contributed by atoms with E-state index in [2.05, 4.69) is 41.5 Å². The van der Waals surface area contributed by atoms with Crippen molar-refractivity contribution in [3.63, 3.8) is 0 Å². The molecule has 0 radical (unpaired) electrons. The number of aromatic nitrogens is 1. The zero-order valence-corrected chi connectivity index (χ0v) is 14.0. The molecule has 0 aliphatic heterocycles. The van der Waals surface area contributed by atoms with E-state index in [1.165, 1.54) is 5.56 Å². The second-order valence-electron chi connectivity index (χ2n) is 5.89. The van der Waals surface area contributed by atoms with Gasteiger partial charge in [0.2, 0.25) is 5.91 Å². The molecule has 0 spiro atoms. The van der Waals surface area contributed by atoms with Crippen LogP contribution >= 0.6 is 0 Å². The van der Waals surface area contributed by atoms with Crippen LogP contribution in [0.3, 0.4) is 0 Å². The summed E-state index contributed by atoms with van der Waals surface area (Å²) >= 11 is 0. The Morgan fingerprint density at radius 3 is 2.39 bits per heavy atom. The molecule has 23 heavy (non-hydrogen) atoms. The molecular weight excluding hydrogens is 288 g/mol. The van der Waals surface area contributed by atoms with Crippen LogP contribution in [0.5, 0.6) is 0 Å². The fourth-order valence-electron chi connectivity index (χ4n) is 2.58. The van der Waals surface area contributed by atoms with Crippen LogP contribution in [-0.2, 0) is 24.2 Å². The smallest absolute Gasteiger partial charge is 0.253 e. The molecule has 4 heteroatoms. The zero-order chi connectivity index (χ0) is 16.8. The number of benzene rings is 1. The molecule has 1 amide bonds. The van der Waals surface area contributed by atoms with Crippen molar-refractivity contribution in [2.24, 2.45) is 0 Å². The van der Waals surface area contributed by atoms with Crippen LogP contribution in [-0.4, -0.2) is 10.9 Å². The van der Waals surface area contributed by atoms with E-state index in [0.717, 1.165) is 23.2 Å². The molecule has 0 unspecified atom stereocenters. The largest absolute Gasteiger partial charge is 0.352 e. The Morgan fingerprint density at radius 2 is 1.78 bits per heavy atom. The third-order valence-corrected chi connectivity index (χ3v) is 4.03. The van der Waals surface area contributed by atoms with Crippen LogP contribution in [0.25, 0.3) is 0 Å². The molecule has 0 saturated carbocycles. The Bertz CT molecular complexity index is 730. The van der Waals surface area contributed by atoms with Crippen LogP contribution in [0.15, 0.2) is 35.1 Å². The molecule has 0 aliphatic rings. The first kappa shape index (κ1) is 17.0. The molecule has 2 aromatic rings. The number of aryl methyl sites for hydroxylation is 4. The number of pyridine rings is 1. The van der Waals surface area contributed by atoms with Crippen molar-refractivity contribution in [2.45, 2.75) is 46.6 Å². The molecule has 4 nitrogen and oxygen atoms in total. The number of carbonyl (C=O) groups is 1. The quantitative estimate of drug-likeness (QED) is 0.861. The Kier molecular flexibility index (Phi) is 5.74. The second kappa shape index (κ2) is 7.77. The van der Waals surface area contributed by atoms with E-state index < -0.39 is 0 Å². The number of amides is 1. The van der Waals surface area contributed by atoms with Gasteiger partial charge in [0.05, 0.1) is 0 Å². The molecule has 0 aliphatic carbocycles. The summed E-state index contributed by atoms with van der Waals surface area (Å²) in [7, 11) is 0. The Morgan fingerprint density at radius 1 is 1.13 bits per heavy atom. The number of aromatic amines is 1. The summed E-state index contributed by atoms with van der Waals surface area (Å²) in [5.41, 5.74) is 4.68. The predicted molar refractivity (Wildman–Crippen MR) is 92.5 cm³/mol. The van der Waals surface area contributed by atoms with Crippen LogP contribution in [0.2, 0.25) is 0 Å². The SMILES string of the molecule is CCc1ccc(CCC(=O)NCc2c(C)cc(C)[nH]c2=O)cc1. The summed E-state index contributed by atoms with van der Waals surface area (Å²) in [6, 6.07) is 10.3. The molecular formula is C19H24N2O2. The van der Waals surface area contributed by atoms with Gasteiger partial charge in [-0.3, -0.25) is 9.59 Å². The Labute approximate surface area is 137 Å². The van der Waals surface area contributed by atoms with Gasteiger partial charge in [-0.2, -0.15) is 0 Å². The van der Waals surface area contributed by atoms with Gasteiger partial charge in [0.25, 0.3) is 5.56 Å². The fraction of sp³-hybridized carbons (Fsp3) is 0.368. The second-order valence-corrected chi connectivity index (χ2v) is 5.89. The molecule has 0 fully saturated rings. The van der Waals surface area contributed by atoms with Gasteiger partial charge in [-0.05, 0) is 49.4 Å². The Balaban J connectivity index is 1.87. The summed E-state index contributed by atoms with van der Waals surface area (Å²) in [5, 5.41) is 2.83. The maximum absolute atomic E-state index is 12.0. The molecule has 122 valence electrons. The number of rotatable bonds is 6. The van der Waals surface area contributed by atoms with Gasteiger partial charge in [0.15, 0.2) is 0 Å². The van der Waals surface area contributed by atoms with Crippen LogP contribution in [0.1, 0.15) is 41.3 Å². The van der Waals surface area contributed by atoms with E-state index >= 15 is 0 Å². The molecule has 0 atom stereocenters. The van der Waals surface area contributed by atoms with Gasteiger partial charge >= 0.3 is 0 Å². The fourth-order valence-corrected chi connectivity index (χ4v) is 2.58. The summed E-state index contributed by atoms with van der Waals surface area (Å²) in [4.78, 5) is 26.7. The number of hydrogen-bond acceptors (Lipinski definition) is 2. The van der Waals surface area contributed by atoms with Gasteiger partial charge in [0, 0.05) is 24.2 Å². The van der Waals surface area contributed by atoms with E-state index in [4.69, 9.17) is 0 Å². The minimum Gasteiger partial charge on any atom is -0.352 e. The lowest BCUT2D eigenvalue weighted by atomic mass is 10.1. The summed E-state index contributed by atoms with van der Waals surface area (Å²) in [6.45, 7) is 6.13. The van der Waals surface area contributed by atoms with Gasteiger partial charge < -0.3 is 10.3 Å². The number of hydrogen-bond donors (Lipinski definition) is 2. The van der Waals surface area contributed by atoms with Crippen molar-refractivity contribution in [1.29, 1.82) is 0 Å². The summed E-state index contributed by atoms with van der Waals surface area (Å²) in [5.74, 6) is -0.0380. The summed E-state index contributed by atoms with van der Waals surface area (Å²) in [6.07, 6.45) is 2.15. The molecule has 0 saturated heterocycles. The monoisotopic (exact) mass is 312 g/mol. The molecule has 2 rings (SSSR count). The predicted octanol–water partition coefficient (Wildman–Crippen LogP) is 2.80. The topological polar surface area (TPSA) is 62.0 Å². The number of carbonyl (C=O) groups excluding carboxylic acids is 1. The maximum atomic E-state index is 12.0. The van der Waals surface area contributed by atoms with Gasteiger partial charge in [-0.1, -0.05) is 31.2 Å². The average molecular weight is 312 g/mol. The van der Waals surface area contributed by atoms with Crippen LogP contribution in [0.4, 0.5) is 0 Å². The van der Waals surface area contributed by atoms with Crippen molar-refractivity contribution < 1.29 is 4.79 Å². The zero-order valence-electron chi connectivity index (χ0n) is 14.0. The molecule has 1 aromatic carbocycles. The van der Waals surface area contributed by atoms with Crippen molar-refractivity contribution in [3.8, 4) is 0 Å². The Hall–Kier alpha value is -2.36. The third kappa shape index (κ3) is 4.81. The van der Waals surface area contributed by atoms with E-state index in [1.54, 1.807) is 0 Å². The summed E-state index contributed by atoms with van der Waals surface area (Å²) < 4.78 is 0. The van der Waals surface area contributed by atoms with Gasteiger partial charge in [-0.15, -0.1) is 0 Å². The van der Waals surface area contributed by atoms with Crippen molar-refractivity contribution in [2.75, 3.05) is 0 Å². The van der Waals surface area contributed by atoms with E-state index in [9.17, 15) is 9.59 Å². The highest BCUT2D eigenvalue weighted by atomic mass is 16.1. The van der Waals surface area contributed by atoms with Crippen LogP contribution in [0, 0.1) is 13.8 Å². The highest BCUT2D eigenvalue weighted by Crippen LogP contribution is 2.08. The van der Waals surface area contributed by atoms with Crippen molar-refractivity contribution >= 4 is 5.91 Å². The molecule has 1 heterocycles. The first-order chi connectivity index (χ1) is 11.0. The minimum absolute atomic E-state index is 0.0380. The third-order valence-electron chi connectivity index (χ3n) is 4.03. The van der Waals surface area contributed by atoms with E-state index in [0.29, 0.717) is 18.4 Å². The standard InChI is InChI=1S/C19H24N2O2/c1-4-15-5-7-16(8-6-15)9-10-18(22)20-12-17-13(2)11-14(3)21-19(17)23/h5-8,11H,4,9-10,12H2,1-3H3,(H,20,22)(H,21,23). The van der Waals surface area contributed by atoms with E-state index in [1.807, 2.05) is 19.9 Å². The first-order valence-corrected chi connectivity index (χ1v) is 8.03.